The van der Waals surface area contributed by atoms with Crippen molar-refractivity contribution in [3.8, 4) is 0 Å². The lowest BCUT2D eigenvalue weighted by atomic mass is 10.5. The van der Waals surface area contributed by atoms with Crippen LogP contribution < -0.4 is 11.2 Å². The van der Waals surface area contributed by atoms with E-state index in [1.807, 2.05) is 0 Å². The van der Waals surface area contributed by atoms with Gasteiger partial charge in [0.1, 0.15) is 0 Å². The largest absolute Gasteiger partial charge is 0.383 e. The lowest BCUT2D eigenvalue weighted by Gasteiger charge is -2.10. The summed E-state index contributed by atoms with van der Waals surface area (Å²) in [5.74, 6) is 0. The molecule has 0 aromatic carbocycles. The molecule has 17 heavy (non-hydrogen) atoms. The van der Waals surface area contributed by atoms with Crippen molar-refractivity contribution in [3.05, 3.63) is 31.5 Å². The molecule has 0 atom stereocenters. The first kappa shape index (κ1) is 14.1. The van der Waals surface area contributed by atoms with Crippen LogP contribution in [0.15, 0.2) is 20.3 Å². The van der Waals surface area contributed by atoms with Gasteiger partial charge in [0.2, 0.25) is 0 Å². The molecule has 6 nitrogen and oxygen atoms in total. The van der Waals surface area contributed by atoms with Crippen LogP contribution >= 0.6 is 15.9 Å². The van der Waals surface area contributed by atoms with E-state index in [-0.39, 0.29) is 17.8 Å². The second kappa shape index (κ2) is 6.73. The van der Waals surface area contributed by atoms with Crippen molar-refractivity contribution in [1.82, 2.24) is 9.13 Å². The lowest BCUT2D eigenvalue weighted by Crippen LogP contribution is -2.41. The Morgan fingerprint density at radius 2 is 1.76 bits per heavy atom. The molecule has 1 aromatic rings. The van der Waals surface area contributed by atoms with Crippen LogP contribution in [0.4, 0.5) is 0 Å². The number of halogens is 1. The standard InChI is InChI=1S/C10H15BrN2O4/c1-16-5-3-12-7-8(11)9(14)13(10(12)15)4-6-17-2/h7H,3-6H2,1-2H3. The molecule has 1 rings (SSSR count). The first-order valence-electron chi connectivity index (χ1n) is 5.09. The Bertz CT molecular complexity index is 480. The summed E-state index contributed by atoms with van der Waals surface area (Å²) in [4.78, 5) is 23.7. The molecule has 96 valence electrons. The van der Waals surface area contributed by atoms with Crippen molar-refractivity contribution < 1.29 is 9.47 Å². The average molecular weight is 307 g/mol. The topological polar surface area (TPSA) is 62.5 Å². The van der Waals surface area contributed by atoms with Crippen LogP contribution in [0.5, 0.6) is 0 Å². The zero-order chi connectivity index (χ0) is 12.8. The molecule has 0 saturated heterocycles. The van der Waals surface area contributed by atoms with E-state index in [4.69, 9.17) is 9.47 Å². The van der Waals surface area contributed by atoms with E-state index < -0.39 is 0 Å². The molecule has 0 spiro atoms. The zero-order valence-electron chi connectivity index (χ0n) is 9.81. The minimum Gasteiger partial charge on any atom is -0.383 e. The molecule has 0 radical (unpaired) electrons. The number of nitrogens with zero attached hydrogens (tertiary/aromatic N) is 2. The van der Waals surface area contributed by atoms with E-state index in [1.165, 1.54) is 17.9 Å². The third kappa shape index (κ3) is 3.52. The molecule has 0 saturated carbocycles. The van der Waals surface area contributed by atoms with Gasteiger partial charge >= 0.3 is 5.69 Å². The second-order valence-electron chi connectivity index (χ2n) is 3.40. The van der Waals surface area contributed by atoms with E-state index in [9.17, 15) is 9.59 Å². The van der Waals surface area contributed by atoms with Crippen LogP contribution in [0.1, 0.15) is 0 Å². The molecule has 0 aliphatic rings. The van der Waals surface area contributed by atoms with Crippen LogP contribution in [0, 0.1) is 0 Å². The normalized spacial score (nSPS) is 10.8. The zero-order valence-corrected chi connectivity index (χ0v) is 11.4. The summed E-state index contributed by atoms with van der Waals surface area (Å²) in [6.07, 6.45) is 1.48. The van der Waals surface area contributed by atoms with E-state index in [0.717, 1.165) is 4.57 Å². The quantitative estimate of drug-likeness (QED) is 0.746. The van der Waals surface area contributed by atoms with Gasteiger partial charge in [-0.2, -0.15) is 0 Å². The maximum Gasteiger partial charge on any atom is 0.331 e. The van der Waals surface area contributed by atoms with Gasteiger partial charge in [-0.1, -0.05) is 0 Å². The minimum atomic E-state index is -0.354. The highest BCUT2D eigenvalue weighted by atomic mass is 79.9. The maximum atomic E-state index is 11.9. The smallest absolute Gasteiger partial charge is 0.331 e. The van der Waals surface area contributed by atoms with Crippen LogP contribution in [0.3, 0.4) is 0 Å². The van der Waals surface area contributed by atoms with Gasteiger partial charge in [0.05, 0.1) is 30.8 Å². The average Bonchev–Trinajstić information content (AvgIpc) is 2.32. The summed E-state index contributed by atoms with van der Waals surface area (Å²) in [5, 5.41) is 0. The monoisotopic (exact) mass is 306 g/mol. The molecule has 0 amide bonds. The van der Waals surface area contributed by atoms with Gasteiger partial charge in [-0.15, -0.1) is 0 Å². The third-order valence-electron chi connectivity index (χ3n) is 2.25. The number of aromatic nitrogens is 2. The predicted octanol–water partition coefficient (Wildman–Crippen LogP) is 0.0653. The molecular weight excluding hydrogens is 292 g/mol. The molecule has 7 heteroatoms. The Morgan fingerprint density at radius 3 is 2.35 bits per heavy atom. The van der Waals surface area contributed by atoms with Crippen LogP contribution in [0.2, 0.25) is 0 Å². The van der Waals surface area contributed by atoms with Crippen molar-refractivity contribution in [1.29, 1.82) is 0 Å². The first-order valence-corrected chi connectivity index (χ1v) is 5.88. The van der Waals surface area contributed by atoms with Gasteiger partial charge in [-0.05, 0) is 15.9 Å². The summed E-state index contributed by atoms with van der Waals surface area (Å²) in [6, 6.07) is 0. The molecule has 1 aromatic heterocycles. The highest BCUT2D eigenvalue weighted by Gasteiger charge is 2.09. The van der Waals surface area contributed by atoms with E-state index in [1.54, 1.807) is 7.11 Å². The van der Waals surface area contributed by atoms with Crippen LogP contribution in [0.25, 0.3) is 0 Å². The fourth-order valence-corrected chi connectivity index (χ4v) is 1.81. The van der Waals surface area contributed by atoms with Crippen molar-refractivity contribution in [2.75, 3.05) is 27.4 Å². The van der Waals surface area contributed by atoms with Crippen molar-refractivity contribution >= 4 is 15.9 Å². The number of rotatable bonds is 6. The summed E-state index contributed by atoms with van der Waals surface area (Å²) in [6.45, 7) is 1.37. The van der Waals surface area contributed by atoms with Crippen molar-refractivity contribution in [2.45, 2.75) is 13.1 Å². The number of hydrogen-bond donors (Lipinski definition) is 0. The van der Waals surface area contributed by atoms with Crippen LogP contribution in [-0.2, 0) is 22.6 Å². The minimum absolute atomic E-state index is 0.237. The Kier molecular flexibility index (Phi) is 5.60. The first-order chi connectivity index (χ1) is 8.11. The SMILES string of the molecule is COCCn1cc(Br)c(=O)n(CCOC)c1=O. The second-order valence-corrected chi connectivity index (χ2v) is 4.25. The van der Waals surface area contributed by atoms with E-state index in [2.05, 4.69) is 15.9 Å². The molecule has 0 aliphatic heterocycles. The number of ether oxygens (including phenoxy) is 2. The van der Waals surface area contributed by atoms with Gasteiger partial charge in [0.15, 0.2) is 0 Å². The fraction of sp³-hybridized carbons (Fsp3) is 0.600. The molecular formula is C10H15BrN2O4. The molecule has 1 heterocycles. The third-order valence-corrected chi connectivity index (χ3v) is 2.79. The van der Waals surface area contributed by atoms with Gasteiger partial charge < -0.3 is 9.47 Å². The Balaban J connectivity index is 3.13. The molecule has 0 aliphatic carbocycles. The Labute approximate surface area is 107 Å². The summed E-state index contributed by atoms with van der Waals surface area (Å²) >= 11 is 3.14. The Hall–Kier alpha value is -0.920. The summed E-state index contributed by atoms with van der Waals surface area (Å²) < 4.78 is 12.7. The van der Waals surface area contributed by atoms with Gasteiger partial charge in [0, 0.05) is 20.4 Å². The summed E-state index contributed by atoms with van der Waals surface area (Å²) in [5.41, 5.74) is -0.701. The van der Waals surface area contributed by atoms with E-state index in [0.29, 0.717) is 24.2 Å². The van der Waals surface area contributed by atoms with Gasteiger partial charge in [-0.3, -0.25) is 13.9 Å². The lowest BCUT2D eigenvalue weighted by molar-refractivity contribution is 0.177. The highest BCUT2D eigenvalue weighted by Crippen LogP contribution is 1.99. The molecule has 0 unspecified atom stereocenters. The maximum absolute atomic E-state index is 11.9. The van der Waals surface area contributed by atoms with Crippen LogP contribution in [-0.4, -0.2) is 36.6 Å². The van der Waals surface area contributed by atoms with Gasteiger partial charge in [-0.25, -0.2) is 4.79 Å². The van der Waals surface area contributed by atoms with Crippen molar-refractivity contribution in [3.63, 3.8) is 0 Å². The number of hydrogen-bond acceptors (Lipinski definition) is 4. The fourth-order valence-electron chi connectivity index (χ4n) is 1.35. The Morgan fingerprint density at radius 1 is 1.18 bits per heavy atom. The van der Waals surface area contributed by atoms with Crippen molar-refractivity contribution in [2.24, 2.45) is 0 Å². The van der Waals surface area contributed by atoms with Gasteiger partial charge in [0.25, 0.3) is 5.56 Å². The molecule has 0 N–H and O–H groups in total. The predicted molar refractivity (Wildman–Crippen MR) is 66.4 cm³/mol. The number of methoxy groups -OCH3 is 2. The molecule has 0 fully saturated rings. The summed E-state index contributed by atoms with van der Waals surface area (Å²) in [7, 11) is 3.08. The van der Waals surface area contributed by atoms with E-state index >= 15 is 0 Å². The molecule has 0 bridgehead atoms. The highest BCUT2D eigenvalue weighted by molar-refractivity contribution is 9.10.